The molecule has 0 amide bonds. The van der Waals surface area contributed by atoms with Crippen LogP contribution in [-0.2, 0) is 6.42 Å². The number of hydrogen-bond donors (Lipinski definition) is 2. The molecule has 1 N–H and O–H groups in total. The predicted octanol–water partition coefficient (Wildman–Crippen LogP) is 1.20. The molecule has 0 radical (unpaired) electrons. The van der Waals surface area contributed by atoms with Crippen molar-refractivity contribution in [2.75, 3.05) is 12.8 Å². The molecule has 0 fully saturated rings. The number of nitrogens with zero attached hydrogens (tertiary/aromatic N) is 1. The van der Waals surface area contributed by atoms with E-state index in [1.165, 1.54) is 4.88 Å². The summed E-state index contributed by atoms with van der Waals surface area (Å²) in [5.74, 6) is 0.869. The number of thiol groups is 1. The molecule has 0 aliphatic carbocycles. The van der Waals surface area contributed by atoms with Gasteiger partial charge in [-0.1, -0.05) is 0 Å². The lowest BCUT2D eigenvalue weighted by atomic mass is 10.2. The van der Waals surface area contributed by atoms with E-state index in [0.717, 1.165) is 12.2 Å². The van der Waals surface area contributed by atoms with Crippen LogP contribution in [-0.4, -0.2) is 23.8 Å². The van der Waals surface area contributed by atoms with E-state index in [9.17, 15) is 0 Å². The lowest BCUT2D eigenvalue weighted by Crippen LogP contribution is -2.28. The first-order valence-electron chi connectivity index (χ1n) is 3.52. The molecule has 0 aliphatic rings. The van der Waals surface area contributed by atoms with E-state index in [0.29, 0.717) is 6.04 Å². The molecule has 11 heavy (non-hydrogen) atoms. The lowest BCUT2D eigenvalue weighted by Gasteiger charge is -2.10. The molecule has 0 aliphatic heterocycles. The van der Waals surface area contributed by atoms with E-state index in [2.05, 4.69) is 22.9 Å². The minimum Gasteiger partial charge on any atom is -0.316 e. The maximum atomic E-state index is 4.23. The fraction of sp³-hybridized carbons (Fsp3) is 0.571. The van der Waals surface area contributed by atoms with Crippen LogP contribution >= 0.6 is 24.0 Å². The third kappa shape index (κ3) is 2.81. The summed E-state index contributed by atoms with van der Waals surface area (Å²) in [5.41, 5.74) is 1.86. The van der Waals surface area contributed by atoms with Gasteiger partial charge in [0.2, 0.25) is 0 Å². The Labute approximate surface area is 76.5 Å². The van der Waals surface area contributed by atoms with Crippen LogP contribution in [0.1, 0.15) is 4.88 Å². The van der Waals surface area contributed by atoms with Crippen LogP contribution in [0.3, 0.4) is 0 Å². The monoisotopic (exact) mass is 188 g/mol. The summed E-state index contributed by atoms with van der Waals surface area (Å²) in [6.07, 6.45) is 2.95. The fourth-order valence-electron chi connectivity index (χ4n) is 0.844. The van der Waals surface area contributed by atoms with Gasteiger partial charge in [0, 0.05) is 22.9 Å². The van der Waals surface area contributed by atoms with Gasteiger partial charge in [0.05, 0.1) is 5.51 Å². The van der Waals surface area contributed by atoms with E-state index in [-0.39, 0.29) is 0 Å². The topological polar surface area (TPSA) is 24.9 Å². The first-order valence-corrected chi connectivity index (χ1v) is 5.03. The van der Waals surface area contributed by atoms with Gasteiger partial charge in [-0.3, -0.25) is 4.98 Å². The maximum absolute atomic E-state index is 4.23. The van der Waals surface area contributed by atoms with Gasteiger partial charge in [0.25, 0.3) is 0 Å². The molecule has 0 saturated carbocycles. The minimum absolute atomic E-state index is 0.471. The van der Waals surface area contributed by atoms with Gasteiger partial charge in [-0.05, 0) is 13.5 Å². The number of aromatic nitrogens is 1. The standard InChI is InChI=1S/C7H12N2S2/c1-8-6(4-10)2-7-3-9-5-11-7/h3,5-6,8,10H,2,4H2,1H3/t6-/m0/s1. The van der Waals surface area contributed by atoms with Crippen molar-refractivity contribution in [2.24, 2.45) is 0 Å². The molecule has 4 heteroatoms. The van der Waals surface area contributed by atoms with Crippen LogP contribution in [0.25, 0.3) is 0 Å². The second-order valence-corrected chi connectivity index (χ2v) is 3.68. The second-order valence-electron chi connectivity index (χ2n) is 2.34. The zero-order valence-corrected chi connectivity index (χ0v) is 8.16. The van der Waals surface area contributed by atoms with E-state index in [1.54, 1.807) is 11.3 Å². The Bertz CT molecular complexity index is 182. The summed E-state index contributed by atoms with van der Waals surface area (Å²) in [4.78, 5) is 5.33. The summed E-state index contributed by atoms with van der Waals surface area (Å²) in [6, 6.07) is 0.471. The average molecular weight is 188 g/mol. The third-order valence-corrected chi connectivity index (χ3v) is 2.80. The van der Waals surface area contributed by atoms with Crippen molar-refractivity contribution < 1.29 is 0 Å². The molecule has 1 heterocycles. The highest BCUT2D eigenvalue weighted by molar-refractivity contribution is 7.80. The van der Waals surface area contributed by atoms with Crippen LogP contribution in [0.4, 0.5) is 0 Å². The highest BCUT2D eigenvalue weighted by atomic mass is 32.1. The Balaban J connectivity index is 2.41. The summed E-state index contributed by atoms with van der Waals surface area (Å²) in [6.45, 7) is 0. The quantitative estimate of drug-likeness (QED) is 0.694. The van der Waals surface area contributed by atoms with Gasteiger partial charge >= 0.3 is 0 Å². The van der Waals surface area contributed by atoms with Gasteiger partial charge in [-0.25, -0.2) is 0 Å². The van der Waals surface area contributed by atoms with Crippen LogP contribution in [0.2, 0.25) is 0 Å². The van der Waals surface area contributed by atoms with Crippen molar-refractivity contribution in [2.45, 2.75) is 12.5 Å². The Morgan fingerprint density at radius 1 is 1.82 bits per heavy atom. The fourth-order valence-corrected chi connectivity index (χ4v) is 1.83. The van der Waals surface area contributed by atoms with Crippen LogP contribution in [0.5, 0.6) is 0 Å². The number of rotatable bonds is 4. The molecule has 1 aromatic heterocycles. The number of thiazole rings is 1. The zero-order valence-electron chi connectivity index (χ0n) is 6.45. The lowest BCUT2D eigenvalue weighted by molar-refractivity contribution is 0.622. The van der Waals surface area contributed by atoms with Crippen molar-refractivity contribution in [1.82, 2.24) is 10.3 Å². The molecular formula is C7H12N2S2. The average Bonchev–Trinajstić information content (AvgIpc) is 2.52. The molecule has 62 valence electrons. The smallest absolute Gasteiger partial charge is 0.0794 e. The van der Waals surface area contributed by atoms with Gasteiger partial charge in [0.15, 0.2) is 0 Å². The molecular weight excluding hydrogens is 176 g/mol. The highest BCUT2D eigenvalue weighted by Crippen LogP contribution is 2.08. The molecule has 0 unspecified atom stereocenters. The second kappa shape index (κ2) is 4.74. The highest BCUT2D eigenvalue weighted by Gasteiger charge is 2.04. The molecule has 0 bridgehead atoms. The van der Waals surface area contributed by atoms with Crippen LogP contribution < -0.4 is 5.32 Å². The summed E-state index contributed by atoms with van der Waals surface area (Å²) < 4.78 is 0. The van der Waals surface area contributed by atoms with Gasteiger partial charge < -0.3 is 5.32 Å². The Kier molecular flexibility index (Phi) is 3.90. The zero-order chi connectivity index (χ0) is 8.10. The Hall–Kier alpha value is -0.0600. The summed E-state index contributed by atoms with van der Waals surface area (Å²) in [7, 11) is 1.96. The van der Waals surface area contributed by atoms with E-state index in [1.807, 2.05) is 18.8 Å². The summed E-state index contributed by atoms with van der Waals surface area (Å²) >= 11 is 5.93. The van der Waals surface area contributed by atoms with Crippen molar-refractivity contribution in [3.8, 4) is 0 Å². The molecule has 1 atom stereocenters. The molecule has 0 saturated heterocycles. The molecule has 1 aromatic rings. The first kappa shape index (κ1) is 9.03. The van der Waals surface area contributed by atoms with Crippen molar-refractivity contribution in [1.29, 1.82) is 0 Å². The van der Waals surface area contributed by atoms with Gasteiger partial charge in [-0.15, -0.1) is 11.3 Å². The maximum Gasteiger partial charge on any atom is 0.0794 e. The molecule has 0 aromatic carbocycles. The van der Waals surface area contributed by atoms with E-state index in [4.69, 9.17) is 0 Å². The predicted molar refractivity (Wildman–Crippen MR) is 52.5 cm³/mol. The van der Waals surface area contributed by atoms with Crippen molar-refractivity contribution in [3.05, 3.63) is 16.6 Å². The van der Waals surface area contributed by atoms with Crippen molar-refractivity contribution >= 4 is 24.0 Å². The first-order chi connectivity index (χ1) is 5.36. The number of nitrogens with one attached hydrogen (secondary N) is 1. The van der Waals surface area contributed by atoms with E-state index < -0.39 is 0 Å². The minimum atomic E-state index is 0.471. The Morgan fingerprint density at radius 2 is 2.64 bits per heavy atom. The summed E-state index contributed by atoms with van der Waals surface area (Å²) in [5, 5.41) is 3.19. The Morgan fingerprint density at radius 3 is 3.09 bits per heavy atom. The van der Waals surface area contributed by atoms with Crippen molar-refractivity contribution in [3.63, 3.8) is 0 Å². The van der Waals surface area contributed by atoms with Gasteiger partial charge in [0.1, 0.15) is 0 Å². The van der Waals surface area contributed by atoms with E-state index >= 15 is 0 Å². The number of likely N-dealkylation sites (N-methyl/N-ethyl adjacent to an activating group) is 1. The van der Waals surface area contributed by atoms with Gasteiger partial charge in [-0.2, -0.15) is 12.6 Å². The van der Waals surface area contributed by atoms with Crippen LogP contribution in [0.15, 0.2) is 11.7 Å². The largest absolute Gasteiger partial charge is 0.316 e. The molecule has 0 spiro atoms. The number of hydrogen-bond acceptors (Lipinski definition) is 4. The van der Waals surface area contributed by atoms with Crippen LogP contribution in [0, 0.1) is 0 Å². The SMILES string of the molecule is CN[C@H](CS)Cc1cncs1. The third-order valence-electron chi connectivity index (χ3n) is 1.56. The normalized spacial score (nSPS) is 13.3. The molecule has 1 rings (SSSR count). The molecule has 2 nitrogen and oxygen atoms in total.